The van der Waals surface area contributed by atoms with Gasteiger partial charge in [-0.25, -0.2) is 0 Å². The molecular formula is C19H25ClN2O. The van der Waals surface area contributed by atoms with Crippen LogP contribution in [0.25, 0.3) is 10.8 Å². The molecule has 0 aliphatic carbocycles. The number of piperidine rings is 1. The smallest absolute Gasteiger partial charge is 0.226 e. The Morgan fingerprint density at radius 2 is 1.83 bits per heavy atom. The van der Waals surface area contributed by atoms with Crippen molar-refractivity contribution in [2.45, 2.75) is 25.7 Å². The van der Waals surface area contributed by atoms with Gasteiger partial charge in [0.1, 0.15) is 0 Å². The number of hydrogen-bond donors (Lipinski definition) is 1. The molecular weight excluding hydrogens is 308 g/mol. The van der Waals surface area contributed by atoms with Crippen LogP contribution in [0.5, 0.6) is 0 Å². The SMILES string of the molecule is CC(CN)C(=O)N1CCC(c2cccc3ccccc23)CC1.Cl. The van der Waals surface area contributed by atoms with Crippen LogP contribution in [0.1, 0.15) is 31.2 Å². The molecule has 0 radical (unpaired) electrons. The summed E-state index contributed by atoms with van der Waals surface area (Å²) in [5, 5.41) is 2.65. The Balaban J connectivity index is 0.00000192. The van der Waals surface area contributed by atoms with Gasteiger partial charge in [0, 0.05) is 25.6 Å². The van der Waals surface area contributed by atoms with Crippen LogP contribution in [-0.4, -0.2) is 30.4 Å². The molecule has 1 amide bonds. The Morgan fingerprint density at radius 1 is 1.17 bits per heavy atom. The van der Waals surface area contributed by atoms with Gasteiger partial charge in [0.15, 0.2) is 0 Å². The molecule has 2 N–H and O–H groups in total. The maximum absolute atomic E-state index is 12.2. The summed E-state index contributed by atoms with van der Waals surface area (Å²) >= 11 is 0. The molecule has 3 nitrogen and oxygen atoms in total. The van der Waals surface area contributed by atoms with Crippen molar-refractivity contribution in [3.8, 4) is 0 Å². The maximum Gasteiger partial charge on any atom is 0.226 e. The predicted octanol–water partition coefficient (Wildman–Crippen LogP) is 3.56. The second-order valence-corrected chi connectivity index (χ2v) is 6.30. The van der Waals surface area contributed by atoms with Gasteiger partial charge in [-0.1, -0.05) is 49.4 Å². The van der Waals surface area contributed by atoms with Gasteiger partial charge in [-0.3, -0.25) is 4.79 Å². The highest BCUT2D eigenvalue weighted by Gasteiger charge is 2.26. The van der Waals surface area contributed by atoms with Gasteiger partial charge in [-0.15, -0.1) is 12.4 Å². The molecule has 1 heterocycles. The fraction of sp³-hybridized carbons (Fsp3) is 0.421. The number of rotatable bonds is 3. The van der Waals surface area contributed by atoms with Gasteiger partial charge in [0.2, 0.25) is 5.91 Å². The van der Waals surface area contributed by atoms with Crippen LogP contribution in [0.15, 0.2) is 42.5 Å². The first kappa shape index (κ1) is 17.8. The molecule has 2 aromatic rings. The third-order valence-corrected chi connectivity index (χ3v) is 4.84. The van der Waals surface area contributed by atoms with E-state index in [4.69, 9.17) is 5.73 Å². The lowest BCUT2D eigenvalue weighted by molar-refractivity contribution is -0.135. The van der Waals surface area contributed by atoms with E-state index in [1.54, 1.807) is 0 Å². The number of carbonyl (C=O) groups excluding carboxylic acids is 1. The van der Waals surface area contributed by atoms with Crippen molar-refractivity contribution in [2.24, 2.45) is 11.7 Å². The van der Waals surface area contributed by atoms with Crippen molar-refractivity contribution < 1.29 is 4.79 Å². The zero-order valence-electron chi connectivity index (χ0n) is 13.6. The van der Waals surface area contributed by atoms with Crippen LogP contribution in [0, 0.1) is 5.92 Å². The molecule has 1 fully saturated rings. The van der Waals surface area contributed by atoms with Gasteiger partial charge < -0.3 is 10.6 Å². The summed E-state index contributed by atoms with van der Waals surface area (Å²) in [6.07, 6.45) is 2.08. The van der Waals surface area contributed by atoms with Crippen LogP contribution in [0.3, 0.4) is 0 Å². The molecule has 1 aliphatic rings. The van der Waals surface area contributed by atoms with E-state index >= 15 is 0 Å². The minimum Gasteiger partial charge on any atom is -0.342 e. The molecule has 23 heavy (non-hydrogen) atoms. The van der Waals surface area contributed by atoms with E-state index in [-0.39, 0.29) is 24.2 Å². The van der Waals surface area contributed by atoms with Gasteiger partial charge >= 0.3 is 0 Å². The molecule has 4 heteroatoms. The van der Waals surface area contributed by atoms with Crippen LogP contribution in [-0.2, 0) is 4.79 Å². The summed E-state index contributed by atoms with van der Waals surface area (Å²) in [5.41, 5.74) is 7.04. The van der Waals surface area contributed by atoms with E-state index in [1.807, 2.05) is 11.8 Å². The molecule has 0 bridgehead atoms. The Labute approximate surface area is 144 Å². The van der Waals surface area contributed by atoms with Crippen LogP contribution in [0.2, 0.25) is 0 Å². The van der Waals surface area contributed by atoms with E-state index < -0.39 is 0 Å². The molecule has 0 saturated carbocycles. The number of likely N-dealkylation sites (tertiary alicyclic amines) is 1. The molecule has 0 aromatic heterocycles. The van der Waals surface area contributed by atoms with Crippen molar-refractivity contribution in [3.63, 3.8) is 0 Å². The average molecular weight is 333 g/mol. The van der Waals surface area contributed by atoms with Crippen LogP contribution < -0.4 is 5.73 Å². The van der Waals surface area contributed by atoms with Crippen LogP contribution in [0.4, 0.5) is 0 Å². The molecule has 1 unspecified atom stereocenters. The van der Waals surface area contributed by atoms with Crippen molar-refractivity contribution >= 4 is 29.1 Å². The number of nitrogens with zero attached hydrogens (tertiary/aromatic N) is 1. The van der Waals surface area contributed by atoms with Crippen LogP contribution >= 0.6 is 12.4 Å². The molecule has 124 valence electrons. The van der Waals surface area contributed by atoms with Crippen molar-refractivity contribution in [2.75, 3.05) is 19.6 Å². The first-order chi connectivity index (χ1) is 10.7. The first-order valence-corrected chi connectivity index (χ1v) is 8.17. The van der Waals surface area contributed by atoms with Gasteiger partial charge in [0.05, 0.1) is 0 Å². The molecule has 0 spiro atoms. The van der Waals surface area contributed by atoms with Gasteiger partial charge in [-0.05, 0) is 35.1 Å². The van der Waals surface area contributed by atoms with Crippen molar-refractivity contribution in [1.29, 1.82) is 0 Å². The molecule has 1 saturated heterocycles. The normalized spacial score (nSPS) is 16.9. The quantitative estimate of drug-likeness (QED) is 0.934. The summed E-state index contributed by atoms with van der Waals surface area (Å²) in [7, 11) is 0. The third-order valence-electron chi connectivity index (χ3n) is 4.84. The van der Waals surface area contributed by atoms with E-state index in [1.165, 1.54) is 16.3 Å². The lowest BCUT2D eigenvalue weighted by Crippen LogP contribution is -2.42. The lowest BCUT2D eigenvalue weighted by atomic mass is 9.86. The largest absolute Gasteiger partial charge is 0.342 e. The number of benzene rings is 2. The van der Waals surface area contributed by atoms with Gasteiger partial charge in [-0.2, -0.15) is 0 Å². The second kappa shape index (κ2) is 7.80. The summed E-state index contributed by atoms with van der Waals surface area (Å²) in [4.78, 5) is 14.2. The number of carbonyl (C=O) groups is 1. The minimum atomic E-state index is -0.0610. The number of halogens is 1. The fourth-order valence-electron chi connectivity index (χ4n) is 3.43. The summed E-state index contributed by atoms with van der Waals surface area (Å²) in [5.74, 6) is 0.691. The summed E-state index contributed by atoms with van der Waals surface area (Å²) in [6.45, 7) is 4.04. The average Bonchev–Trinajstić information content (AvgIpc) is 2.60. The zero-order valence-corrected chi connectivity index (χ0v) is 14.4. The second-order valence-electron chi connectivity index (χ2n) is 6.30. The van der Waals surface area contributed by atoms with E-state index in [0.717, 1.165) is 25.9 Å². The van der Waals surface area contributed by atoms with Gasteiger partial charge in [0.25, 0.3) is 0 Å². The lowest BCUT2D eigenvalue weighted by Gasteiger charge is -2.34. The summed E-state index contributed by atoms with van der Waals surface area (Å²) < 4.78 is 0. The van der Waals surface area contributed by atoms with Crippen molar-refractivity contribution in [1.82, 2.24) is 4.90 Å². The fourth-order valence-corrected chi connectivity index (χ4v) is 3.43. The Bertz CT molecular complexity index is 660. The first-order valence-electron chi connectivity index (χ1n) is 8.17. The zero-order chi connectivity index (χ0) is 15.5. The standard InChI is InChI=1S/C19H24N2O.ClH/c1-14(13-20)19(22)21-11-9-16(10-12-21)18-8-4-6-15-5-2-3-7-17(15)18;/h2-8,14,16H,9-13,20H2,1H3;1H. The van der Waals surface area contributed by atoms with E-state index in [2.05, 4.69) is 42.5 Å². The highest BCUT2D eigenvalue weighted by molar-refractivity contribution is 5.86. The minimum absolute atomic E-state index is 0. The Hall–Kier alpha value is -1.58. The number of hydrogen-bond acceptors (Lipinski definition) is 2. The predicted molar refractivity (Wildman–Crippen MR) is 98.0 cm³/mol. The van der Waals surface area contributed by atoms with Crippen molar-refractivity contribution in [3.05, 3.63) is 48.0 Å². The van der Waals surface area contributed by atoms with E-state index in [0.29, 0.717) is 12.5 Å². The monoisotopic (exact) mass is 332 g/mol. The Morgan fingerprint density at radius 3 is 2.52 bits per heavy atom. The molecule has 3 rings (SSSR count). The highest BCUT2D eigenvalue weighted by atomic mass is 35.5. The number of fused-ring (bicyclic) bond motifs is 1. The molecule has 1 atom stereocenters. The Kier molecular flexibility index (Phi) is 6.03. The summed E-state index contributed by atoms with van der Waals surface area (Å²) in [6, 6.07) is 15.1. The number of amides is 1. The third kappa shape index (κ3) is 3.67. The number of nitrogens with two attached hydrogens (primary N) is 1. The van der Waals surface area contributed by atoms with E-state index in [9.17, 15) is 4.79 Å². The maximum atomic E-state index is 12.2. The topological polar surface area (TPSA) is 46.3 Å². The highest BCUT2D eigenvalue weighted by Crippen LogP contribution is 2.33. The molecule has 2 aromatic carbocycles. The molecule has 1 aliphatic heterocycles.